The van der Waals surface area contributed by atoms with E-state index < -0.39 is 18.0 Å². The smallest absolute Gasteiger partial charge is 0.391 e. The zero-order chi connectivity index (χ0) is 15.6. The second kappa shape index (κ2) is 5.90. The largest absolute Gasteiger partial charge is 0.433 e. The van der Waals surface area contributed by atoms with Crippen LogP contribution in [0.15, 0.2) is 12.1 Å². The number of alkyl halides is 3. The topological polar surface area (TPSA) is 60.2 Å². The van der Waals surface area contributed by atoms with Crippen LogP contribution < -0.4 is 4.90 Å². The summed E-state index contributed by atoms with van der Waals surface area (Å²) < 4.78 is 38.3. The molecule has 7 heteroatoms. The van der Waals surface area contributed by atoms with Crippen molar-refractivity contribution in [3.8, 4) is 6.07 Å². The molecular formula is C14H16F3N3O. The molecule has 4 nitrogen and oxygen atoms in total. The molecule has 1 saturated carbocycles. The van der Waals surface area contributed by atoms with Gasteiger partial charge in [0.25, 0.3) is 0 Å². The third-order valence-electron chi connectivity index (χ3n) is 3.81. The van der Waals surface area contributed by atoms with E-state index in [1.165, 1.54) is 4.90 Å². The van der Waals surface area contributed by atoms with Gasteiger partial charge in [0.2, 0.25) is 0 Å². The molecule has 21 heavy (non-hydrogen) atoms. The summed E-state index contributed by atoms with van der Waals surface area (Å²) in [7, 11) is 1.57. The maximum absolute atomic E-state index is 12.8. The average molecular weight is 299 g/mol. The third-order valence-corrected chi connectivity index (χ3v) is 3.81. The minimum atomic E-state index is -4.56. The van der Waals surface area contributed by atoms with E-state index >= 15 is 0 Å². The Morgan fingerprint density at radius 1 is 1.33 bits per heavy atom. The predicted molar refractivity (Wildman–Crippen MR) is 70.6 cm³/mol. The van der Waals surface area contributed by atoms with Gasteiger partial charge in [0.05, 0.1) is 17.7 Å². The predicted octanol–water partition coefficient (Wildman–Crippen LogP) is 2.71. The van der Waals surface area contributed by atoms with Crippen molar-refractivity contribution in [3.05, 3.63) is 23.4 Å². The number of aliphatic hydroxyl groups excluding tert-OH is 1. The van der Waals surface area contributed by atoms with Crippen LogP contribution in [0, 0.1) is 11.3 Å². The number of halogens is 3. The maximum Gasteiger partial charge on any atom is 0.433 e. The van der Waals surface area contributed by atoms with Crippen LogP contribution in [0.25, 0.3) is 0 Å². The van der Waals surface area contributed by atoms with Crippen LogP contribution in [0.4, 0.5) is 19.0 Å². The van der Waals surface area contributed by atoms with Crippen LogP contribution in [-0.4, -0.2) is 29.3 Å². The van der Waals surface area contributed by atoms with Crippen LogP contribution in [-0.2, 0) is 6.18 Å². The minimum absolute atomic E-state index is 0.0294. The van der Waals surface area contributed by atoms with Crippen molar-refractivity contribution in [1.29, 1.82) is 5.26 Å². The Bertz CT molecular complexity index is 553. The quantitative estimate of drug-likeness (QED) is 0.912. The highest BCUT2D eigenvalue weighted by Gasteiger charge is 2.35. The number of anilines is 1. The van der Waals surface area contributed by atoms with E-state index in [9.17, 15) is 18.3 Å². The molecule has 1 fully saturated rings. The molecule has 1 heterocycles. The van der Waals surface area contributed by atoms with Crippen molar-refractivity contribution in [2.24, 2.45) is 0 Å². The molecule has 0 amide bonds. The van der Waals surface area contributed by atoms with Gasteiger partial charge in [0, 0.05) is 7.05 Å². The fraction of sp³-hybridized carbons (Fsp3) is 0.571. The van der Waals surface area contributed by atoms with Gasteiger partial charge in [-0.05, 0) is 25.0 Å². The van der Waals surface area contributed by atoms with E-state index in [1.54, 1.807) is 7.05 Å². The summed E-state index contributed by atoms with van der Waals surface area (Å²) >= 11 is 0. The molecule has 1 N–H and O–H groups in total. The van der Waals surface area contributed by atoms with Gasteiger partial charge in [-0.2, -0.15) is 18.4 Å². The Hall–Kier alpha value is -1.81. The molecule has 0 bridgehead atoms. The summed E-state index contributed by atoms with van der Waals surface area (Å²) in [5.74, 6) is -0.0294. The van der Waals surface area contributed by atoms with Crippen molar-refractivity contribution in [3.63, 3.8) is 0 Å². The highest BCUT2D eigenvalue weighted by Crippen LogP contribution is 2.32. The van der Waals surface area contributed by atoms with E-state index in [-0.39, 0.29) is 17.4 Å². The first-order valence-corrected chi connectivity index (χ1v) is 6.74. The van der Waals surface area contributed by atoms with E-state index in [2.05, 4.69) is 4.98 Å². The monoisotopic (exact) mass is 299 g/mol. The summed E-state index contributed by atoms with van der Waals surface area (Å²) in [4.78, 5) is 5.09. The van der Waals surface area contributed by atoms with Crippen LogP contribution in [0.2, 0.25) is 0 Å². The number of aliphatic hydroxyl groups is 1. The van der Waals surface area contributed by atoms with Crippen LogP contribution in [0.3, 0.4) is 0 Å². The number of aromatic nitrogens is 1. The second-order valence-corrected chi connectivity index (χ2v) is 5.21. The first-order chi connectivity index (χ1) is 9.84. The number of hydrogen-bond donors (Lipinski definition) is 1. The Labute approximate surface area is 120 Å². The molecular weight excluding hydrogens is 283 g/mol. The van der Waals surface area contributed by atoms with Crippen LogP contribution in [0.1, 0.15) is 36.9 Å². The number of hydrogen-bond acceptors (Lipinski definition) is 4. The molecule has 0 radical (unpaired) electrons. The lowest BCUT2D eigenvalue weighted by Gasteiger charge is -2.36. The molecule has 2 unspecified atom stereocenters. The van der Waals surface area contributed by atoms with Gasteiger partial charge in [-0.15, -0.1) is 0 Å². The second-order valence-electron chi connectivity index (χ2n) is 5.21. The molecule has 1 aromatic heterocycles. The van der Waals surface area contributed by atoms with Crippen molar-refractivity contribution < 1.29 is 18.3 Å². The Morgan fingerprint density at radius 3 is 2.57 bits per heavy atom. The van der Waals surface area contributed by atoms with E-state index in [0.717, 1.165) is 25.0 Å². The zero-order valence-electron chi connectivity index (χ0n) is 11.6. The molecule has 0 aromatic carbocycles. The lowest BCUT2D eigenvalue weighted by atomic mass is 9.91. The Balaban J connectivity index is 2.38. The summed E-state index contributed by atoms with van der Waals surface area (Å²) in [6.07, 6.45) is -2.11. The van der Waals surface area contributed by atoms with Gasteiger partial charge in [0.1, 0.15) is 17.6 Å². The maximum atomic E-state index is 12.8. The van der Waals surface area contributed by atoms with Gasteiger partial charge < -0.3 is 10.0 Å². The first kappa shape index (κ1) is 15.6. The molecule has 2 atom stereocenters. The fourth-order valence-corrected chi connectivity index (χ4v) is 2.66. The summed E-state index contributed by atoms with van der Waals surface area (Å²) in [6.45, 7) is 0. The minimum Gasteiger partial charge on any atom is -0.391 e. The van der Waals surface area contributed by atoms with Gasteiger partial charge >= 0.3 is 6.18 Å². The summed E-state index contributed by atoms with van der Waals surface area (Å²) in [5, 5.41) is 19.1. The normalized spacial score (nSPS) is 22.7. The Morgan fingerprint density at radius 2 is 2.00 bits per heavy atom. The molecule has 0 spiro atoms. The lowest BCUT2D eigenvalue weighted by molar-refractivity contribution is -0.141. The molecule has 2 rings (SSSR count). The van der Waals surface area contributed by atoms with E-state index in [0.29, 0.717) is 12.8 Å². The number of likely N-dealkylation sites (N-methyl/N-ethyl adjacent to an activating group) is 1. The highest BCUT2D eigenvalue weighted by atomic mass is 19.4. The molecule has 1 aliphatic carbocycles. The summed E-state index contributed by atoms with van der Waals surface area (Å²) in [6, 6.07) is 3.46. The van der Waals surface area contributed by atoms with Crippen molar-refractivity contribution in [1.82, 2.24) is 4.98 Å². The van der Waals surface area contributed by atoms with E-state index in [1.807, 2.05) is 6.07 Å². The number of rotatable bonds is 2. The molecule has 114 valence electrons. The fourth-order valence-electron chi connectivity index (χ4n) is 2.66. The van der Waals surface area contributed by atoms with Crippen LogP contribution in [0.5, 0.6) is 0 Å². The molecule has 1 aromatic rings. The SMILES string of the molecule is CN(c1nc(C(F)(F)F)ccc1C#N)C1CCCCC1O. The standard InChI is InChI=1S/C14H16F3N3O/c1-20(10-4-2-3-5-11(10)21)13-9(8-18)6-7-12(19-13)14(15,16)17/h6-7,10-11,21H,2-5H2,1H3. The number of nitriles is 1. The third kappa shape index (κ3) is 3.27. The highest BCUT2D eigenvalue weighted by molar-refractivity contribution is 5.55. The molecule has 0 saturated heterocycles. The molecule has 1 aliphatic rings. The number of pyridine rings is 1. The van der Waals surface area contributed by atoms with Crippen molar-refractivity contribution >= 4 is 5.82 Å². The first-order valence-electron chi connectivity index (χ1n) is 6.74. The lowest BCUT2D eigenvalue weighted by Crippen LogP contribution is -2.44. The van der Waals surface area contributed by atoms with Gasteiger partial charge in [0.15, 0.2) is 0 Å². The van der Waals surface area contributed by atoms with Crippen molar-refractivity contribution in [2.45, 2.75) is 44.0 Å². The Kier molecular flexibility index (Phi) is 4.37. The van der Waals surface area contributed by atoms with Gasteiger partial charge in [-0.25, -0.2) is 4.98 Å². The average Bonchev–Trinajstić information content (AvgIpc) is 2.45. The molecule has 0 aliphatic heterocycles. The zero-order valence-corrected chi connectivity index (χ0v) is 11.6. The van der Waals surface area contributed by atoms with Gasteiger partial charge in [-0.1, -0.05) is 12.8 Å². The van der Waals surface area contributed by atoms with Gasteiger partial charge in [-0.3, -0.25) is 0 Å². The van der Waals surface area contributed by atoms with Crippen LogP contribution >= 0.6 is 0 Å². The summed E-state index contributed by atoms with van der Waals surface area (Å²) in [5.41, 5.74) is -0.961. The number of nitrogens with zero attached hydrogens (tertiary/aromatic N) is 3. The van der Waals surface area contributed by atoms with Crippen molar-refractivity contribution in [2.75, 3.05) is 11.9 Å². The van der Waals surface area contributed by atoms with E-state index in [4.69, 9.17) is 5.26 Å².